The van der Waals surface area contributed by atoms with Gasteiger partial charge < -0.3 is 20.1 Å². The first-order valence-electron chi connectivity index (χ1n) is 11.9. The van der Waals surface area contributed by atoms with Crippen LogP contribution in [-0.4, -0.2) is 69.3 Å². The van der Waals surface area contributed by atoms with Crippen LogP contribution in [0, 0.1) is 0 Å². The second-order valence-electron chi connectivity index (χ2n) is 8.57. The predicted octanol–water partition coefficient (Wildman–Crippen LogP) is 2.63. The zero-order valence-corrected chi connectivity index (χ0v) is 19.1. The molecule has 0 aliphatic carbocycles. The Hall–Kier alpha value is -2.90. The van der Waals surface area contributed by atoms with Crippen LogP contribution in [0.4, 0.5) is 0 Å². The first-order valence-corrected chi connectivity index (χ1v) is 11.9. The molecule has 2 aliphatic heterocycles. The fourth-order valence-corrected chi connectivity index (χ4v) is 4.19. The number of ether oxygens (including phenoxy) is 2. The average molecular weight is 452 g/mol. The molecule has 2 N–H and O–H groups in total. The molecule has 2 aromatic carbocycles. The SMILES string of the molecule is O=C1NCCCCCOc2ccc(C(=O)NCCN3CCOCC3)cc2Cc2cccc1c2. The van der Waals surface area contributed by atoms with Gasteiger partial charge in [0, 0.05) is 50.3 Å². The lowest BCUT2D eigenvalue weighted by Crippen LogP contribution is -2.41. The van der Waals surface area contributed by atoms with Crippen LogP contribution in [0.3, 0.4) is 0 Å². The molecule has 7 heteroatoms. The Morgan fingerprint density at radius 1 is 1.03 bits per heavy atom. The number of rotatable bonds is 4. The Labute approximate surface area is 195 Å². The first kappa shape index (κ1) is 23.3. The number of carbonyl (C=O) groups excluding carboxylic acids is 2. The second kappa shape index (κ2) is 11.8. The number of benzene rings is 2. The molecule has 2 amide bonds. The fourth-order valence-electron chi connectivity index (χ4n) is 4.19. The van der Waals surface area contributed by atoms with Crippen molar-refractivity contribution in [3.05, 3.63) is 64.7 Å². The molecule has 1 fully saturated rings. The highest BCUT2D eigenvalue weighted by Gasteiger charge is 2.15. The molecule has 0 radical (unpaired) electrons. The minimum absolute atomic E-state index is 0.0428. The van der Waals surface area contributed by atoms with Crippen LogP contribution in [0.1, 0.15) is 51.1 Å². The van der Waals surface area contributed by atoms with E-state index in [1.54, 1.807) is 0 Å². The van der Waals surface area contributed by atoms with Gasteiger partial charge in [0.15, 0.2) is 0 Å². The van der Waals surface area contributed by atoms with E-state index in [1.165, 1.54) is 0 Å². The standard InChI is InChI=1S/C26H33N3O4/c30-25-21-6-4-5-20(17-21)18-23-19-22(7-8-24(23)33-14-3-1-2-9-27-25)26(31)28-10-11-29-12-15-32-16-13-29/h4-8,17,19H,1-3,9-16,18H2,(H,27,30)(H,28,31). The Bertz CT molecular complexity index is 956. The highest BCUT2D eigenvalue weighted by atomic mass is 16.5. The van der Waals surface area contributed by atoms with Crippen molar-refractivity contribution in [3.8, 4) is 5.75 Å². The molecular weight excluding hydrogens is 418 g/mol. The number of amides is 2. The molecule has 2 bridgehead atoms. The quantitative estimate of drug-likeness (QED) is 0.747. The van der Waals surface area contributed by atoms with Crippen LogP contribution < -0.4 is 15.4 Å². The van der Waals surface area contributed by atoms with Gasteiger partial charge in [-0.15, -0.1) is 0 Å². The summed E-state index contributed by atoms with van der Waals surface area (Å²) in [5.74, 6) is 0.671. The van der Waals surface area contributed by atoms with E-state index in [-0.39, 0.29) is 11.8 Å². The summed E-state index contributed by atoms with van der Waals surface area (Å²) in [6.07, 6.45) is 3.42. The van der Waals surface area contributed by atoms with Crippen molar-refractivity contribution in [1.29, 1.82) is 0 Å². The van der Waals surface area contributed by atoms with Gasteiger partial charge in [-0.25, -0.2) is 0 Å². The van der Waals surface area contributed by atoms with Gasteiger partial charge in [0.25, 0.3) is 11.8 Å². The topological polar surface area (TPSA) is 79.9 Å². The number of morpholine rings is 1. The Morgan fingerprint density at radius 3 is 2.79 bits per heavy atom. The van der Waals surface area contributed by atoms with Crippen LogP contribution in [-0.2, 0) is 11.2 Å². The lowest BCUT2D eigenvalue weighted by Gasteiger charge is -2.26. The summed E-state index contributed by atoms with van der Waals surface area (Å²) in [5, 5.41) is 6.02. The van der Waals surface area contributed by atoms with Crippen molar-refractivity contribution in [2.75, 3.05) is 52.5 Å². The van der Waals surface area contributed by atoms with Gasteiger partial charge in [0.05, 0.1) is 19.8 Å². The number of carbonyl (C=O) groups is 2. The molecule has 176 valence electrons. The van der Waals surface area contributed by atoms with Crippen LogP contribution in [0.15, 0.2) is 42.5 Å². The van der Waals surface area contributed by atoms with E-state index in [0.29, 0.717) is 37.2 Å². The summed E-state index contributed by atoms with van der Waals surface area (Å²) < 4.78 is 11.5. The third-order valence-corrected chi connectivity index (χ3v) is 6.09. The Morgan fingerprint density at radius 2 is 1.91 bits per heavy atom. The largest absolute Gasteiger partial charge is 0.493 e. The molecule has 2 heterocycles. The molecule has 0 aromatic heterocycles. The Balaban J connectivity index is 1.48. The zero-order valence-electron chi connectivity index (χ0n) is 19.1. The molecule has 1 saturated heterocycles. The first-order chi connectivity index (χ1) is 16.2. The molecule has 0 spiro atoms. The van der Waals surface area contributed by atoms with Crippen LogP contribution in [0.25, 0.3) is 0 Å². The summed E-state index contributed by atoms with van der Waals surface area (Å²) in [5.41, 5.74) is 3.23. The minimum Gasteiger partial charge on any atom is -0.493 e. The van der Waals surface area contributed by atoms with Gasteiger partial charge in [0.2, 0.25) is 0 Å². The molecular formula is C26H33N3O4. The van der Waals surface area contributed by atoms with Gasteiger partial charge >= 0.3 is 0 Å². The maximum Gasteiger partial charge on any atom is 0.251 e. The monoisotopic (exact) mass is 451 g/mol. The third kappa shape index (κ3) is 6.79. The molecule has 0 atom stereocenters. The summed E-state index contributed by atoms with van der Waals surface area (Å²) in [6, 6.07) is 13.3. The molecule has 7 nitrogen and oxygen atoms in total. The van der Waals surface area contributed by atoms with E-state index in [1.807, 2.05) is 42.5 Å². The molecule has 0 saturated carbocycles. The van der Waals surface area contributed by atoms with E-state index in [9.17, 15) is 9.59 Å². The van der Waals surface area contributed by atoms with Gasteiger partial charge in [0.1, 0.15) is 5.75 Å². The van der Waals surface area contributed by atoms with E-state index in [2.05, 4.69) is 15.5 Å². The normalized spacial score (nSPS) is 17.8. The summed E-state index contributed by atoms with van der Waals surface area (Å²) in [7, 11) is 0. The highest BCUT2D eigenvalue weighted by Crippen LogP contribution is 2.25. The van der Waals surface area contributed by atoms with Crippen LogP contribution in [0.5, 0.6) is 5.75 Å². The maximum atomic E-state index is 12.8. The number of hydrogen-bond donors (Lipinski definition) is 2. The number of nitrogens with one attached hydrogen (secondary N) is 2. The second-order valence-corrected chi connectivity index (χ2v) is 8.57. The van der Waals surface area contributed by atoms with Crippen molar-refractivity contribution < 1.29 is 19.1 Å². The zero-order chi connectivity index (χ0) is 22.9. The minimum atomic E-state index is -0.0846. The summed E-state index contributed by atoms with van der Waals surface area (Å²) in [6.45, 7) is 6.02. The van der Waals surface area contributed by atoms with Crippen molar-refractivity contribution >= 4 is 11.8 Å². The van der Waals surface area contributed by atoms with E-state index < -0.39 is 0 Å². The molecule has 2 aliphatic rings. The van der Waals surface area contributed by atoms with E-state index >= 15 is 0 Å². The van der Waals surface area contributed by atoms with E-state index in [0.717, 1.165) is 69.0 Å². The van der Waals surface area contributed by atoms with Crippen molar-refractivity contribution in [2.45, 2.75) is 25.7 Å². The van der Waals surface area contributed by atoms with Crippen LogP contribution in [0.2, 0.25) is 0 Å². The number of nitrogens with zero attached hydrogens (tertiary/aromatic N) is 1. The van der Waals surface area contributed by atoms with Crippen molar-refractivity contribution in [1.82, 2.24) is 15.5 Å². The van der Waals surface area contributed by atoms with Gasteiger partial charge in [-0.05, 0) is 60.7 Å². The van der Waals surface area contributed by atoms with E-state index in [4.69, 9.17) is 9.47 Å². The average Bonchev–Trinajstić information content (AvgIpc) is 2.84. The number of hydrogen-bond acceptors (Lipinski definition) is 5. The summed E-state index contributed by atoms with van der Waals surface area (Å²) >= 11 is 0. The lowest BCUT2D eigenvalue weighted by molar-refractivity contribution is 0.0383. The summed E-state index contributed by atoms with van der Waals surface area (Å²) in [4.78, 5) is 27.6. The van der Waals surface area contributed by atoms with Crippen LogP contribution >= 0.6 is 0 Å². The Kier molecular flexibility index (Phi) is 8.33. The smallest absolute Gasteiger partial charge is 0.251 e. The van der Waals surface area contributed by atoms with Crippen molar-refractivity contribution in [2.24, 2.45) is 0 Å². The van der Waals surface area contributed by atoms with Gasteiger partial charge in [-0.1, -0.05) is 12.1 Å². The molecule has 0 unspecified atom stereocenters. The molecule has 2 aromatic rings. The predicted molar refractivity (Wildman–Crippen MR) is 127 cm³/mol. The highest BCUT2D eigenvalue weighted by molar-refractivity contribution is 5.95. The lowest BCUT2D eigenvalue weighted by atomic mass is 9.99. The maximum absolute atomic E-state index is 12.8. The fraction of sp³-hybridized carbons (Fsp3) is 0.462. The van der Waals surface area contributed by atoms with Crippen molar-refractivity contribution in [3.63, 3.8) is 0 Å². The number of fused-ring (bicyclic) bond motifs is 3. The van der Waals surface area contributed by atoms with Gasteiger partial charge in [-0.3, -0.25) is 14.5 Å². The molecule has 33 heavy (non-hydrogen) atoms. The van der Waals surface area contributed by atoms with Gasteiger partial charge in [-0.2, -0.15) is 0 Å². The molecule has 4 rings (SSSR count). The third-order valence-electron chi connectivity index (χ3n) is 6.09.